The van der Waals surface area contributed by atoms with Crippen LogP contribution in [0, 0.1) is 6.92 Å². The summed E-state index contributed by atoms with van der Waals surface area (Å²) in [7, 11) is 0. The van der Waals surface area contributed by atoms with Crippen molar-refractivity contribution in [2.24, 2.45) is 0 Å². The SMILES string of the molecule is Cc1ccc(CNC(=O)c2cc(C(F)(F)F)ccc2N)o1. The molecule has 0 spiro atoms. The Hall–Kier alpha value is -2.44. The highest BCUT2D eigenvalue weighted by atomic mass is 19.4. The molecule has 112 valence electrons. The number of nitrogens with two attached hydrogens (primary N) is 1. The van der Waals surface area contributed by atoms with Crippen molar-refractivity contribution < 1.29 is 22.4 Å². The van der Waals surface area contributed by atoms with Gasteiger partial charge in [0.25, 0.3) is 5.91 Å². The lowest BCUT2D eigenvalue weighted by Gasteiger charge is -2.11. The minimum Gasteiger partial charge on any atom is -0.465 e. The fraction of sp³-hybridized carbons (Fsp3) is 0.214. The highest BCUT2D eigenvalue weighted by Gasteiger charge is 2.31. The maximum Gasteiger partial charge on any atom is 0.416 e. The minimum absolute atomic E-state index is 0.0175. The lowest BCUT2D eigenvalue weighted by Crippen LogP contribution is -2.24. The lowest BCUT2D eigenvalue weighted by molar-refractivity contribution is -0.137. The first-order chi connectivity index (χ1) is 9.77. The van der Waals surface area contributed by atoms with Gasteiger partial charge in [0.05, 0.1) is 17.7 Å². The first kappa shape index (κ1) is 15.0. The van der Waals surface area contributed by atoms with Gasteiger partial charge >= 0.3 is 6.18 Å². The predicted octanol–water partition coefficient (Wildman–Crippen LogP) is 3.12. The summed E-state index contributed by atoms with van der Waals surface area (Å²) in [4.78, 5) is 11.9. The van der Waals surface area contributed by atoms with E-state index in [0.29, 0.717) is 11.5 Å². The van der Waals surface area contributed by atoms with Crippen molar-refractivity contribution in [1.29, 1.82) is 0 Å². The molecule has 0 unspecified atom stereocenters. The molecule has 21 heavy (non-hydrogen) atoms. The van der Waals surface area contributed by atoms with Crippen molar-refractivity contribution in [1.82, 2.24) is 5.32 Å². The first-order valence-electron chi connectivity index (χ1n) is 6.07. The summed E-state index contributed by atoms with van der Waals surface area (Å²) in [5.74, 6) is 0.497. The summed E-state index contributed by atoms with van der Waals surface area (Å²) in [6.45, 7) is 1.82. The molecule has 0 aliphatic heterocycles. The van der Waals surface area contributed by atoms with Crippen LogP contribution in [0.25, 0.3) is 0 Å². The second-order valence-corrected chi connectivity index (χ2v) is 4.49. The van der Waals surface area contributed by atoms with Crippen LogP contribution in [0.3, 0.4) is 0 Å². The maximum absolute atomic E-state index is 12.6. The predicted molar refractivity (Wildman–Crippen MR) is 70.5 cm³/mol. The fourth-order valence-corrected chi connectivity index (χ4v) is 1.77. The number of nitrogens with one attached hydrogen (secondary N) is 1. The van der Waals surface area contributed by atoms with Gasteiger partial charge in [0.15, 0.2) is 0 Å². The van der Waals surface area contributed by atoms with E-state index in [4.69, 9.17) is 10.2 Å². The van der Waals surface area contributed by atoms with Crippen LogP contribution in [-0.4, -0.2) is 5.91 Å². The first-order valence-corrected chi connectivity index (χ1v) is 6.07. The smallest absolute Gasteiger partial charge is 0.416 e. The summed E-state index contributed by atoms with van der Waals surface area (Å²) in [6, 6.07) is 6.03. The standard InChI is InChI=1S/C14H13F3N2O2/c1-8-2-4-10(21-8)7-19-13(20)11-6-9(14(15,16)17)3-5-12(11)18/h2-6H,7,18H2,1H3,(H,19,20). The highest BCUT2D eigenvalue weighted by Crippen LogP contribution is 2.31. The van der Waals surface area contributed by atoms with Crippen LogP contribution in [0.5, 0.6) is 0 Å². The summed E-state index contributed by atoms with van der Waals surface area (Å²) >= 11 is 0. The normalized spacial score (nSPS) is 11.4. The number of hydrogen-bond donors (Lipinski definition) is 2. The van der Waals surface area contributed by atoms with Crippen molar-refractivity contribution >= 4 is 11.6 Å². The Bertz CT molecular complexity index is 662. The molecule has 1 aromatic carbocycles. The number of aryl methyl sites for hydroxylation is 1. The fourth-order valence-electron chi connectivity index (χ4n) is 1.77. The van der Waals surface area contributed by atoms with Crippen LogP contribution in [-0.2, 0) is 12.7 Å². The number of hydrogen-bond acceptors (Lipinski definition) is 3. The average Bonchev–Trinajstić information content (AvgIpc) is 2.81. The number of anilines is 1. The summed E-state index contributed by atoms with van der Waals surface area (Å²) in [5, 5.41) is 2.47. The molecule has 2 rings (SSSR count). The van der Waals surface area contributed by atoms with Crippen molar-refractivity contribution in [2.75, 3.05) is 5.73 Å². The van der Waals surface area contributed by atoms with Crippen LogP contribution < -0.4 is 11.1 Å². The van der Waals surface area contributed by atoms with Gasteiger partial charge in [0.1, 0.15) is 11.5 Å². The molecule has 0 aliphatic rings. The molecule has 2 aromatic rings. The number of nitrogen functional groups attached to an aromatic ring is 1. The Morgan fingerprint density at radius 2 is 2.00 bits per heavy atom. The van der Waals surface area contributed by atoms with Gasteiger partial charge < -0.3 is 15.5 Å². The number of benzene rings is 1. The molecule has 0 saturated heterocycles. The second-order valence-electron chi connectivity index (χ2n) is 4.49. The molecule has 0 atom stereocenters. The van der Waals surface area contributed by atoms with E-state index in [2.05, 4.69) is 5.32 Å². The van der Waals surface area contributed by atoms with E-state index >= 15 is 0 Å². The van der Waals surface area contributed by atoms with Gasteiger partial charge in [-0.15, -0.1) is 0 Å². The maximum atomic E-state index is 12.6. The van der Waals surface area contributed by atoms with Crippen LogP contribution in [0.4, 0.5) is 18.9 Å². The van der Waals surface area contributed by atoms with E-state index < -0.39 is 17.6 Å². The zero-order chi connectivity index (χ0) is 15.6. The molecule has 0 radical (unpaired) electrons. The van der Waals surface area contributed by atoms with E-state index in [-0.39, 0.29) is 17.8 Å². The van der Waals surface area contributed by atoms with Crippen LogP contribution >= 0.6 is 0 Å². The van der Waals surface area contributed by atoms with E-state index in [1.54, 1.807) is 19.1 Å². The molecule has 0 fully saturated rings. The molecular weight excluding hydrogens is 285 g/mol. The monoisotopic (exact) mass is 298 g/mol. The summed E-state index contributed by atoms with van der Waals surface area (Å²) in [6.07, 6.45) is -4.53. The average molecular weight is 298 g/mol. The third kappa shape index (κ3) is 3.56. The topological polar surface area (TPSA) is 68.3 Å². The van der Waals surface area contributed by atoms with E-state index in [1.165, 1.54) is 0 Å². The highest BCUT2D eigenvalue weighted by molar-refractivity contribution is 5.99. The zero-order valence-electron chi connectivity index (χ0n) is 11.1. The van der Waals surface area contributed by atoms with Crippen molar-refractivity contribution in [2.45, 2.75) is 19.6 Å². The summed E-state index contributed by atoms with van der Waals surface area (Å²) in [5.41, 5.74) is 4.40. The Balaban J connectivity index is 2.15. The Morgan fingerprint density at radius 3 is 2.57 bits per heavy atom. The third-order valence-corrected chi connectivity index (χ3v) is 2.84. The molecule has 7 heteroatoms. The lowest BCUT2D eigenvalue weighted by atomic mass is 10.1. The number of furan rings is 1. The van der Waals surface area contributed by atoms with Crippen molar-refractivity contribution in [3.05, 3.63) is 53.0 Å². The molecule has 1 amide bonds. The van der Waals surface area contributed by atoms with Gasteiger partial charge in [-0.05, 0) is 37.3 Å². The Labute approximate surface area is 118 Å². The van der Waals surface area contributed by atoms with Gasteiger partial charge in [0, 0.05) is 5.69 Å². The molecular formula is C14H13F3N2O2. The number of alkyl halides is 3. The third-order valence-electron chi connectivity index (χ3n) is 2.84. The van der Waals surface area contributed by atoms with Crippen molar-refractivity contribution in [3.63, 3.8) is 0 Å². The van der Waals surface area contributed by atoms with E-state index in [0.717, 1.165) is 18.2 Å². The van der Waals surface area contributed by atoms with Crippen molar-refractivity contribution in [3.8, 4) is 0 Å². The van der Waals surface area contributed by atoms with Crippen LogP contribution in [0.1, 0.15) is 27.4 Å². The van der Waals surface area contributed by atoms with Crippen LogP contribution in [0.2, 0.25) is 0 Å². The minimum atomic E-state index is -4.53. The van der Waals surface area contributed by atoms with Gasteiger partial charge in [0.2, 0.25) is 0 Å². The van der Waals surface area contributed by atoms with E-state index in [1.807, 2.05) is 0 Å². The molecule has 0 saturated carbocycles. The number of carbonyl (C=O) groups is 1. The number of halogens is 3. The molecule has 0 bridgehead atoms. The largest absolute Gasteiger partial charge is 0.465 e. The molecule has 4 nitrogen and oxygen atoms in total. The number of rotatable bonds is 3. The molecule has 0 aliphatic carbocycles. The Morgan fingerprint density at radius 1 is 1.29 bits per heavy atom. The quantitative estimate of drug-likeness (QED) is 0.855. The molecule has 1 heterocycles. The van der Waals surface area contributed by atoms with Gasteiger partial charge in [-0.25, -0.2) is 0 Å². The molecule has 3 N–H and O–H groups in total. The van der Waals surface area contributed by atoms with Gasteiger partial charge in [-0.1, -0.05) is 0 Å². The number of carbonyl (C=O) groups excluding carboxylic acids is 1. The zero-order valence-corrected chi connectivity index (χ0v) is 11.1. The number of amides is 1. The van der Waals surface area contributed by atoms with Crippen LogP contribution in [0.15, 0.2) is 34.7 Å². The summed E-state index contributed by atoms with van der Waals surface area (Å²) < 4.78 is 43.1. The van der Waals surface area contributed by atoms with Gasteiger partial charge in [-0.2, -0.15) is 13.2 Å². The van der Waals surface area contributed by atoms with Gasteiger partial charge in [-0.3, -0.25) is 4.79 Å². The molecule has 1 aromatic heterocycles. The Kier molecular flexibility index (Phi) is 3.93. The van der Waals surface area contributed by atoms with E-state index in [9.17, 15) is 18.0 Å². The second kappa shape index (κ2) is 5.51.